The van der Waals surface area contributed by atoms with Crippen molar-refractivity contribution in [1.82, 2.24) is 0 Å². The smallest absolute Gasteiger partial charge is 0.779 e. The molecule has 45 heavy (non-hydrogen) atoms. The van der Waals surface area contributed by atoms with Crippen LogP contribution in [0.2, 0.25) is 0 Å². The summed E-state index contributed by atoms with van der Waals surface area (Å²) in [5.41, 5.74) is 6.56. The van der Waals surface area contributed by atoms with Crippen LogP contribution < -0.4 is 68.9 Å². The Morgan fingerprint density at radius 3 is 1.47 bits per heavy atom. The van der Waals surface area contributed by atoms with Gasteiger partial charge in [-0.2, -0.15) is 4.90 Å². The fraction of sp³-hybridized carbons (Fsp3) is 0.189. The number of phenols is 5. The molecular weight excluding hydrogens is 816 g/mol. The molecule has 0 spiro atoms. The number of phenolic OH excluding ortho intramolecular Hbond substituents is 5. The maximum atomic E-state index is 10.6. The van der Waals surface area contributed by atoms with E-state index in [1.165, 1.54) is 24.3 Å². The standard InChI is InChI=1S/C37H35IO5S.Cs/c1-20-14-25(38)10-12-27(20)36(4,28-13-11-26(39)15-21(28)2)23-6-8-24(9-7-23)37(5,29-17-32(41)31(40)16-22(29)3)30-18-33(42)34(43)19-35(30)44;/h6-19,39-44H,1-5H3;/q;+1/p-1. The Bertz CT molecular complexity index is 1800. The van der Waals surface area contributed by atoms with E-state index in [9.17, 15) is 25.5 Å². The zero-order valence-corrected chi connectivity index (χ0v) is 35.4. The van der Waals surface area contributed by atoms with Gasteiger partial charge >= 0.3 is 68.9 Å². The molecule has 0 aromatic heterocycles. The molecule has 0 aliphatic rings. The molecule has 0 radical (unpaired) electrons. The molecule has 0 saturated heterocycles. The average molecular weight is 851 g/mol. The first-order chi connectivity index (χ1) is 20.7. The van der Waals surface area contributed by atoms with Gasteiger partial charge in [-0.1, -0.05) is 36.4 Å². The second kappa shape index (κ2) is 13.7. The number of aryl methyl sites for hydroxylation is 3. The normalized spacial score (nSPS) is 13.8. The fourth-order valence-corrected chi connectivity index (χ4v) is 7.64. The van der Waals surface area contributed by atoms with Gasteiger partial charge in [0.2, 0.25) is 0 Å². The summed E-state index contributed by atoms with van der Waals surface area (Å²) in [5.74, 6) is -0.907. The van der Waals surface area contributed by atoms with Crippen LogP contribution in [0.1, 0.15) is 63.9 Å². The van der Waals surface area contributed by atoms with Crippen LogP contribution in [0.25, 0.3) is 0 Å². The van der Waals surface area contributed by atoms with Gasteiger partial charge < -0.3 is 38.2 Å². The topological polar surface area (TPSA) is 101 Å². The maximum Gasteiger partial charge on any atom is 1.00 e. The third-order valence-electron chi connectivity index (χ3n) is 8.99. The molecule has 0 bridgehead atoms. The second-order valence-corrected chi connectivity index (χ2v) is 13.5. The van der Waals surface area contributed by atoms with Crippen LogP contribution in [-0.4, -0.2) is 25.5 Å². The molecule has 0 saturated carbocycles. The third kappa shape index (κ3) is 6.49. The summed E-state index contributed by atoms with van der Waals surface area (Å²) in [7, 11) is 0. The van der Waals surface area contributed by atoms with E-state index in [2.05, 4.69) is 66.8 Å². The minimum absolute atomic E-state index is 0. The predicted octanol–water partition coefficient (Wildman–Crippen LogP) is 5.36. The van der Waals surface area contributed by atoms with Crippen molar-refractivity contribution in [3.8, 4) is 28.7 Å². The first-order valence-corrected chi connectivity index (χ1v) is 15.6. The summed E-state index contributed by atoms with van der Waals surface area (Å²) in [6.45, 7) is 10.1. The van der Waals surface area contributed by atoms with Gasteiger partial charge in [0.25, 0.3) is 0 Å². The van der Waals surface area contributed by atoms with Crippen molar-refractivity contribution in [2.24, 2.45) is 0 Å². The Balaban J connectivity index is 0.00000461. The minimum Gasteiger partial charge on any atom is -0.779 e. The second-order valence-electron chi connectivity index (χ2n) is 11.8. The van der Waals surface area contributed by atoms with Crippen molar-refractivity contribution in [2.75, 3.05) is 0 Å². The van der Waals surface area contributed by atoms with Gasteiger partial charge in [0.1, 0.15) is 5.75 Å². The van der Waals surface area contributed by atoms with Crippen molar-refractivity contribution in [2.45, 2.75) is 50.3 Å². The molecule has 0 heterocycles. The third-order valence-corrected chi connectivity index (χ3v) is 10.00. The SMILES string of the molecule is Cc1cc(O)ccc1C(C)(c1ccc(C(C)(c2cc(O)c(O)cc2C)c2cc(O)c(O)cc2[S-])cc1)c1ccc(I)cc1C.[Cs+]. The zero-order valence-electron chi connectivity index (χ0n) is 26.1. The number of hydrogen-bond acceptors (Lipinski definition) is 6. The van der Waals surface area contributed by atoms with Crippen LogP contribution in [0.5, 0.6) is 28.7 Å². The van der Waals surface area contributed by atoms with Crippen molar-refractivity contribution in [1.29, 1.82) is 0 Å². The molecule has 0 aliphatic carbocycles. The van der Waals surface area contributed by atoms with Crippen LogP contribution in [0, 0.1) is 24.3 Å². The number of aromatic hydroxyl groups is 5. The van der Waals surface area contributed by atoms with E-state index in [-0.39, 0.29) is 97.6 Å². The van der Waals surface area contributed by atoms with Gasteiger partial charge in [-0.15, -0.1) is 0 Å². The maximum absolute atomic E-state index is 10.6. The first kappa shape index (κ1) is 35.9. The van der Waals surface area contributed by atoms with E-state index in [4.69, 9.17) is 12.6 Å². The summed E-state index contributed by atoms with van der Waals surface area (Å²) in [6, 6.07) is 26.0. The number of rotatable bonds is 6. The molecule has 5 N–H and O–H groups in total. The molecule has 0 fully saturated rings. The van der Waals surface area contributed by atoms with Crippen molar-refractivity contribution >= 4 is 35.2 Å². The zero-order chi connectivity index (χ0) is 32.1. The summed E-state index contributed by atoms with van der Waals surface area (Å²) < 4.78 is 1.14. The Hall–Kier alpha value is -1.90. The molecule has 5 aromatic rings. The summed E-state index contributed by atoms with van der Waals surface area (Å²) in [4.78, 5) is 0.345. The minimum atomic E-state index is -0.986. The Morgan fingerprint density at radius 2 is 0.933 bits per heavy atom. The number of hydrogen-bond donors (Lipinski definition) is 5. The predicted molar refractivity (Wildman–Crippen MR) is 184 cm³/mol. The summed E-state index contributed by atoms with van der Waals surface area (Å²) >= 11 is 8.03. The largest absolute Gasteiger partial charge is 1.00 e. The van der Waals surface area contributed by atoms with Gasteiger partial charge in [-0.05, 0) is 156 Å². The van der Waals surface area contributed by atoms with Gasteiger partial charge in [0, 0.05) is 14.4 Å². The summed E-state index contributed by atoms with van der Waals surface area (Å²) in [6.07, 6.45) is 0. The molecule has 5 rings (SSSR count). The molecule has 2 unspecified atom stereocenters. The molecule has 226 valence electrons. The van der Waals surface area contributed by atoms with Crippen molar-refractivity contribution in [3.05, 3.63) is 139 Å². The molecule has 0 amide bonds. The number of halogens is 1. The fourth-order valence-electron chi connectivity index (χ4n) is 6.61. The van der Waals surface area contributed by atoms with Crippen LogP contribution in [0.3, 0.4) is 0 Å². The monoisotopic (exact) mass is 850 g/mol. The Kier molecular flexibility index (Phi) is 10.9. The van der Waals surface area contributed by atoms with E-state index >= 15 is 0 Å². The van der Waals surface area contributed by atoms with E-state index in [1.54, 1.807) is 12.1 Å². The average Bonchev–Trinajstić information content (AvgIpc) is 2.96. The van der Waals surface area contributed by atoms with E-state index in [0.717, 1.165) is 37.0 Å². The molecule has 5 nitrogen and oxygen atoms in total. The number of benzene rings is 5. The van der Waals surface area contributed by atoms with E-state index < -0.39 is 10.8 Å². The molecule has 2 atom stereocenters. The van der Waals surface area contributed by atoms with Crippen molar-refractivity contribution in [3.63, 3.8) is 0 Å². The summed E-state index contributed by atoms with van der Waals surface area (Å²) in [5, 5.41) is 51.7. The van der Waals surface area contributed by atoms with Gasteiger partial charge in [0.05, 0.1) is 0 Å². The quantitative estimate of drug-likeness (QED) is 0.0684. The first-order valence-electron chi connectivity index (χ1n) is 14.1. The molecule has 0 aliphatic heterocycles. The van der Waals surface area contributed by atoms with E-state index in [0.29, 0.717) is 21.6 Å². The van der Waals surface area contributed by atoms with Gasteiger partial charge in [0.15, 0.2) is 23.0 Å². The Morgan fingerprint density at radius 1 is 0.511 bits per heavy atom. The molecule has 8 heteroatoms. The van der Waals surface area contributed by atoms with Gasteiger partial charge in [-0.25, -0.2) is 0 Å². The van der Waals surface area contributed by atoms with Crippen molar-refractivity contribution < 1.29 is 94.4 Å². The van der Waals surface area contributed by atoms with Gasteiger partial charge in [-0.3, -0.25) is 0 Å². The van der Waals surface area contributed by atoms with E-state index in [1.807, 2.05) is 39.0 Å². The molecule has 5 aromatic carbocycles. The van der Waals surface area contributed by atoms with Crippen LogP contribution in [-0.2, 0) is 23.5 Å². The van der Waals surface area contributed by atoms with Crippen LogP contribution >= 0.6 is 22.6 Å². The van der Waals surface area contributed by atoms with Crippen LogP contribution in [0.15, 0.2) is 89.8 Å². The Labute approximate surface area is 342 Å². The van der Waals surface area contributed by atoms with Crippen LogP contribution in [0.4, 0.5) is 0 Å². The molecular formula is C37H34CsIO5S.